The first-order valence-corrected chi connectivity index (χ1v) is 8.47. The Morgan fingerprint density at radius 3 is 2.75 bits per heavy atom. The minimum absolute atomic E-state index is 0.245. The highest BCUT2D eigenvalue weighted by Crippen LogP contribution is 2.34. The second-order valence-corrected chi connectivity index (χ2v) is 7.51. The molecule has 0 fully saturated rings. The number of fused-ring (bicyclic) bond motifs is 1. The standard InChI is InChI=1S/C13H8Br2ClN3S/c1-6-4-8-11(18-13(16)19-12(8)20-6)17-10-3-2-7(14)5-9(10)15/h2-5H,1H3,(H,17,18,19). The van der Waals surface area contributed by atoms with E-state index in [0.717, 1.165) is 24.8 Å². The first-order chi connectivity index (χ1) is 9.52. The van der Waals surface area contributed by atoms with Gasteiger partial charge in [-0.05, 0) is 58.7 Å². The first-order valence-electron chi connectivity index (χ1n) is 5.69. The van der Waals surface area contributed by atoms with Gasteiger partial charge in [0.2, 0.25) is 5.28 Å². The minimum atomic E-state index is 0.245. The molecule has 102 valence electrons. The lowest BCUT2D eigenvalue weighted by Crippen LogP contribution is -1.96. The number of anilines is 2. The van der Waals surface area contributed by atoms with Gasteiger partial charge in [-0.3, -0.25) is 0 Å². The lowest BCUT2D eigenvalue weighted by Gasteiger charge is -2.09. The van der Waals surface area contributed by atoms with Crippen molar-refractivity contribution in [1.29, 1.82) is 0 Å². The Morgan fingerprint density at radius 1 is 1.20 bits per heavy atom. The molecular weight excluding hydrogens is 425 g/mol. The van der Waals surface area contributed by atoms with Crippen molar-refractivity contribution in [3.05, 3.63) is 43.4 Å². The Labute approximate surface area is 141 Å². The summed E-state index contributed by atoms with van der Waals surface area (Å²) < 4.78 is 1.95. The van der Waals surface area contributed by atoms with Crippen LogP contribution in [0.25, 0.3) is 10.2 Å². The molecule has 0 bridgehead atoms. The van der Waals surface area contributed by atoms with Gasteiger partial charge in [0.05, 0.1) is 11.1 Å². The molecule has 0 saturated carbocycles. The van der Waals surface area contributed by atoms with Crippen LogP contribution in [0.3, 0.4) is 0 Å². The van der Waals surface area contributed by atoms with Gasteiger partial charge >= 0.3 is 0 Å². The van der Waals surface area contributed by atoms with E-state index < -0.39 is 0 Å². The van der Waals surface area contributed by atoms with Crippen LogP contribution in [0.5, 0.6) is 0 Å². The van der Waals surface area contributed by atoms with Crippen LogP contribution in [0.2, 0.25) is 5.28 Å². The van der Waals surface area contributed by atoms with E-state index >= 15 is 0 Å². The molecule has 0 amide bonds. The summed E-state index contributed by atoms with van der Waals surface area (Å²) in [5, 5.41) is 4.52. The van der Waals surface area contributed by atoms with Gasteiger partial charge in [-0.1, -0.05) is 15.9 Å². The third-order valence-electron chi connectivity index (χ3n) is 2.67. The number of benzene rings is 1. The predicted octanol–water partition coefficient (Wildman–Crippen LogP) is 5.92. The third kappa shape index (κ3) is 2.83. The smallest absolute Gasteiger partial charge is 0.225 e. The number of hydrogen-bond donors (Lipinski definition) is 1. The molecule has 3 rings (SSSR count). The van der Waals surface area contributed by atoms with Gasteiger partial charge in [-0.15, -0.1) is 11.3 Å². The molecule has 0 radical (unpaired) electrons. The molecule has 1 N–H and O–H groups in total. The predicted molar refractivity (Wildman–Crippen MR) is 92.3 cm³/mol. The van der Waals surface area contributed by atoms with Crippen molar-refractivity contribution in [2.75, 3.05) is 5.32 Å². The van der Waals surface area contributed by atoms with Gasteiger partial charge < -0.3 is 5.32 Å². The molecule has 2 heterocycles. The summed E-state index contributed by atoms with van der Waals surface area (Å²) in [6, 6.07) is 7.97. The van der Waals surface area contributed by atoms with Crippen molar-refractivity contribution in [2.24, 2.45) is 0 Å². The fraction of sp³-hybridized carbons (Fsp3) is 0.0769. The highest BCUT2D eigenvalue weighted by Gasteiger charge is 2.11. The monoisotopic (exact) mass is 431 g/mol. The molecule has 20 heavy (non-hydrogen) atoms. The van der Waals surface area contributed by atoms with Crippen molar-refractivity contribution >= 4 is 76.5 Å². The fourth-order valence-corrected chi connectivity index (χ4v) is 4.07. The number of rotatable bonds is 2. The molecular formula is C13H8Br2ClN3S. The number of aromatic nitrogens is 2. The minimum Gasteiger partial charge on any atom is -0.339 e. The number of nitrogens with zero attached hydrogens (tertiary/aromatic N) is 2. The molecule has 0 aliphatic rings. The molecule has 2 aromatic heterocycles. The Balaban J connectivity index is 2.10. The van der Waals surface area contributed by atoms with Crippen molar-refractivity contribution in [2.45, 2.75) is 6.92 Å². The maximum absolute atomic E-state index is 5.99. The molecule has 7 heteroatoms. The van der Waals surface area contributed by atoms with Gasteiger partial charge in [0.1, 0.15) is 10.6 Å². The summed E-state index contributed by atoms with van der Waals surface area (Å²) in [4.78, 5) is 10.6. The summed E-state index contributed by atoms with van der Waals surface area (Å²) in [6.07, 6.45) is 0. The number of halogens is 3. The Hall–Kier alpha value is -0.690. The molecule has 0 aliphatic carbocycles. The van der Waals surface area contributed by atoms with E-state index in [1.807, 2.05) is 25.1 Å². The highest BCUT2D eigenvalue weighted by molar-refractivity contribution is 9.11. The topological polar surface area (TPSA) is 37.8 Å². The largest absolute Gasteiger partial charge is 0.339 e. The third-order valence-corrected chi connectivity index (χ3v) is 4.94. The van der Waals surface area contributed by atoms with Crippen molar-refractivity contribution in [3.8, 4) is 0 Å². The molecule has 0 aliphatic heterocycles. The van der Waals surface area contributed by atoms with Crippen molar-refractivity contribution < 1.29 is 0 Å². The summed E-state index contributed by atoms with van der Waals surface area (Å²) >= 11 is 14.6. The van der Waals surface area contributed by atoms with Gasteiger partial charge in [0, 0.05) is 13.8 Å². The lowest BCUT2D eigenvalue weighted by atomic mass is 10.3. The summed E-state index contributed by atoms with van der Waals surface area (Å²) in [7, 11) is 0. The van der Waals surface area contributed by atoms with Gasteiger partial charge in [-0.2, -0.15) is 4.98 Å². The maximum Gasteiger partial charge on any atom is 0.225 e. The second-order valence-electron chi connectivity index (χ2n) is 4.17. The second kappa shape index (κ2) is 5.60. The molecule has 0 spiro atoms. The zero-order chi connectivity index (χ0) is 14.3. The molecule has 1 aromatic carbocycles. The van der Waals surface area contributed by atoms with E-state index in [0.29, 0.717) is 5.82 Å². The normalized spacial score (nSPS) is 11.0. The van der Waals surface area contributed by atoms with Gasteiger partial charge in [0.25, 0.3) is 0 Å². The fourth-order valence-electron chi connectivity index (χ4n) is 1.83. The zero-order valence-electron chi connectivity index (χ0n) is 10.2. The molecule has 0 saturated heterocycles. The van der Waals surface area contributed by atoms with Gasteiger partial charge in [0.15, 0.2) is 0 Å². The molecule has 3 aromatic rings. The maximum atomic E-state index is 5.99. The first kappa shape index (κ1) is 14.3. The van der Waals surface area contributed by atoms with Crippen LogP contribution in [0.1, 0.15) is 4.88 Å². The Kier molecular flexibility index (Phi) is 3.99. The summed E-state index contributed by atoms with van der Waals surface area (Å²) in [6.45, 7) is 2.04. The molecule has 0 unspecified atom stereocenters. The number of aryl methyl sites for hydroxylation is 1. The number of hydrogen-bond acceptors (Lipinski definition) is 4. The van der Waals surface area contributed by atoms with Crippen LogP contribution in [-0.2, 0) is 0 Å². The quantitative estimate of drug-likeness (QED) is 0.510. The molecule has 3 nitrogen and oxygen atoms in total. The highest BCUT2D eigenvalue weighted by atomic mass is 79.9. The molecule has 0 atom stereocenters. The van der Waals surface area contributed by atoms with Crippen LogP contribution in [0.15, 0.2) is 33.2 Å². The Bertz CT molecular complexity index is 804. The Morgan fingerprint density at radius 2 is 2.00 bits per heavy atom. The lowest BCUT2D eigenvalue weighted by molar-refractivity contribution is 1.23. The van der Waals surface area contributed by atoms with E-state index in [1.165, 1.54) is 4.88 Å². The van der Waals surface area contributed by atoms with E-state index in [4.69, 9.17) is 11.6 Å². The van der Waals surface area contributed by atoms with Crippen LogP contribution >= 0.6 is 54.8 Å². The van der Waals surface area contributed by atoms with Crippen molar-refractivity contribution in [3.63, 3.8) is 0 Å². The van der Waals surface area contributed by atoms with Crippen LogP contribution < -0.4 is 5.32 Å². The SMILES string of the molecule is Cc1cc2c(Nc3ccc(Br)cc3Br)nc(Cl)nc2s1. The van der Waals surface area contributed by atoms with E-state index in [2.05, 4.69) is 53.2 Å². The van der Waals surface area contributed by atoms with Gasteiger partial charge in [-0.25, -0.2) is 4.98 Å². The van der Waals surface area contributed by atoms with Crippen LogP contribution in [0.4, 0.5) is 11.5 Å². The summed E-state index contributed by atoms with van der Waals surface area (Å²) in [5.74, 6) is 0.715. The van der Waals surface area contributed by atoms with Crippen molar-refractivity contribution in [1.82, 2.24) is 9.97 Å². The number of nitrogens with one attached hydrogen (secondary N) is 1. The average molecular weight is 434 g/mol. The van der Waals surface area contributed by atoms with E-state index in [-0.39, 0.29) is 5.28 Å². The van der Waals surface area contributed by atoms with E-state index in [1.54, 1.807) is 11.3 Å². The number of thiophene rings is 1. The van der Waals surface area contributed by atoms with E-state index in [9.17, 15) is 0 Å². The average Bonchev–Trinajstić information content (AvgIpc) is 2.73. The zero-order valence-corrected chi connectivity index (χ0v) is 15.0. The van der Waals surface area contributed by atoms with Crippen LogP contribution in [0, 0.1) is 6.92 Å². The van der Waals surface area contributed by atoms with Crippen LogP contribution in [-0.4, -0.2) is 9.97 Å². The summed E-state index contributed by atoms with van der Waals surface area (Å²) in [5.41, 5.74) is 0.924.